The molecule has 0 spiro atoms. The molecule has 0 unspecified atom stereocenters. The third-order valence-electron chi connectivity index (χ3n) is 1.98. The highest BCUT2D eigenvalue weighted by molar-refractivity contribution is 9.10. The predicted molar refractivity (Wildman–Crippen MR) is 49.5 cm³/mol. The molecule has 0 N–H and O–H groups in total. The van der Waals surface area contributed by atoms with E-state index in [4.69, 9.17) is 0 Å². The van der Waals surface area contributed by atoms with E-state index >= 15 is 0 Å². The van der Waals surface area contributed by atoms with E-state index in [1.54, 1.807) is 6.07 Å². The van der Waals surface area contributed by atoms with E-state index in [-0.39, 0.29) is 5.97 Å². The second kappa shape index (κ2) is 3.14. The lowest BCUT2D eigenvalue weighted by atomic mass is 10.4. The van der Waals surface area contributed by atoms with E-state index in [1.165, 1.54) is 7.11 Å². The number of carbonyl (C=O) groups excluding carboxylic acids is 1. The zero-order valence-electron chi connectivity index (χ0n) is 7.16. The molecule has 0 aromatic carbocycles. The minimum atomic E-state index is -0.389. The van der Waals surface area contributed by atoms with Gasteiger partial charge in [-0.2, -0.15) is 5.10 Å². The Morgan fingerprint density at radius 3 is 3.00 bits per heavy atom. The Bertz CT molecular complexity index is 344. The van der Waals surface area contributed by atoms with Crippen LogP contribution in [0.2, 0.25) is 0 Å². The van der Waals surface area contributed by atoms with Gasteiger partial charge in [0.25, 0.3) is 0 Å². The second-order valence-electron chi connectivity index (χ2n) is 3.02. The van der Waals surface area contributed by atoms with E-state index < -0.39 is 0 Å². The lowest BCUT2D eigenvalue weighted by molar-refractivity contribution is 0.0593. The molecule has 1 aliphatic rings. The SMILES string of the molecule is COC(=O)c1cc(Br)n(C2CC2)n1. The second-order valence-corrected chi connectivity index (χ2v) is 3.83. The van der Waals surface area contributed by atoms with E-state index in [1.807, 2.05) is 4.68 Å². The molecular formula is C8H9BrN2O2. The number of carbonyl (C=O) groups is 1. The summed E-state index contributed by atoms with van der Waals surface area (Å²) in [7, 11) is 1.35. The van der Waals surface area contributed by atoms with Crippen molar-refractivity contribution in [3.63, 3.8) is 0 Å². The maximum atomic E-state index is 11.1. The van der Waals surface area contributed by atoms with Gasteiger partial charge in [-0.15, -0.1) is 0 Å². The number of halogens is 1. The Morgan fingerprint density at radius 1 is 1.77 bits per heavy atom. The first-order chi connectivity index (χ1) is 6.22. The Labute approximate surface area is 84.0 Å². The summed E-state index contributed by atoms with van der Waals surface area (Å²) in [6, 6.07) is 2.15. The molecule has 0 amide bonds. The molecule has 0 aliphatic heterocycles. The minimum absolute atomic E-state index is 0.362. The molecular weight excluding hydrogens is 236 g/mol. The lowest BCUT2D eigenvalue weighted by Gasteiger charge is -1.97. The Balaban J connectivity index is 2.28. The fourth-order valence-corrected chi connectivity index (χ4v) is 1.74. The monoisotopic (exact) mass is 244 g/mol. The molecule has 0 atom stereocenters. The van der Waals surface area contributed by atoms with Crippen molar-refractivity contribution in [2.75, 3.05) is 7.11 Å². The lowest BCUT2D eigenvalue weighted by Crippen LogP contribution is -2.04. The first kappa shape index (κ1) is 8.74. The third-order valence-corrected chi connectivity index (χ3v) is 2.57. The molecule has 0 radical (unpaired) electrons. The van der Waals surface area contributed by atoms with Crippen LogP contribution in [0.4, 0.5) is 0 Å². The van der Waals surface area contributed by atoms with Gasteiger partial charge in [0.1, 0.15) is 4.60 Å². The van der Waals surface area contributed by atoms with Crippen LogP contribution in [-0.2, 0) is 4.74 Å². The van der Waals surface area contributed by atoms with Crippen molar-refractivity contribution in [2.45, 2.75) is 18.9 Å². The molecule has 1 saturated carbocycles. The summed E-state index contributed by atoms with van der Waals surface area (Å²) in [5, 5.41) is 4.14. The number of methoxy groups -OCH3 is 1. The van der Waals surface area contributed by atoms with Gasteiger partial charge in [0.05, 0.1) is 13.2 Å². The molecule has 1 aromatic rings. The molecule has 4 nitrogen and oxygen atoms in total. The number of ether oxygens (including phenoxy) is 1. The fourth-order valence-electron chi connectivity index (χ4n) is 1.15. The molecule has 1 fully saturated rings. The van der Waals surface area contributed by atoms with Gasteiger partial charge in [-0.25, -0.2) is 4.79 Å². The molecule has 2 rings (SSSR count). The van der Waals surface area contributed by atoms with Gasteiger partial charge in [-0.3, -0.25) is 4.68 Å². The first-order valence-corrected chi connectivity index (χ1v) is 4.85. The van der Waals surface area contributed by atoms with E-state index in [0.29, 0.717) is 11.7 Å². The van der Waals surface area contributed by atoms with Crippen LogP contribution in [0.5, 0.6) is 0 Å². The van der Waals surface area contributed by atoms with Gasteiger partial charge in [-0.1, -0.05) is 0 Å². The number of rotatable bonds is 2. The van der Waals surface area contributed by atoms with Crippen LogP contribution in [0.25, 0.3) is 0 Å². The largest absolute Gasteiger partial charge is 0.464 e. The summed E-state index contributed by atoms with van der Waals surface area (Å²) in [4.78, 5) is 11.1. The van der Waals surface area contributed by atoms with Crippen LogP contribution < -0.4 is 0 Å². The molecule has 1 aromatic heterocycles. The first-order valence-electron chi connectivity index (χ1n) is 4.05. The standard InChI is InChI=1S/C8H9BrN2O2/c1-13-8(12)6-4-7(9)11(10-6)5-2-3-5/h4-5H,2-3H2,1H3. The van der Waals surface area contributed by atoms with E-state index in [0.717, 1.165) is 17.4 Å². The molecule has 1 heterocycles. The van der Waals surface area contributed by atoms with Crippen molar-refractivity contribution in [2.24, 2.45) is 0 Å². The molecule has 0 saturated heterocycles. The smallest absolute Gasteiger partial charge is 0.358 e. The highest BCUT2D eigenvalue weighted by atomic mass is 79.9. The maximum Gasteiger partial charge on any atom is 0.358 e. The van der Waals surface area contributed by atoms with Gasteiger partial charge in [0, 0.05) is 6.07 Å². The molecule has 70 valence electrons. The normalized spacial score (nSPS) is 15.8. The highest BCUT2D eigenvalue weighted by Crippen LogP contribution is 2.36. The molecule has 1 aliphatic carbocycles. The topological polar surface area (TPSA) is 44.1 Å². The number of nitrogens with zero attached hydrogens (tertiary/aromatic N) is 2. The van der Waals surface area contributed by atoms with Crippen molar-refractivity contribution in [3.05, 3.63) is 16.4 Å². The van der Waals surface area contributed by atoms with Crippen LogP contribution in [0.1, 0.15) is 29.4 Å². The zero-order chi connectivity index (χ0) is 9.42. The quantitative estimate of drug-likeness (QED) is 0.746. The average molecular weight is 245 g/mol. The van der Waals surface area contributed by atoms with Gasteiger partial charge in [-0.05, 0) is 28.8 Å². The Kier molecular flexibility index (Phi) is 2.11. The Hall–Kier alpha value is -0.840. The molecule has 0 bridgehead atoms. The van der Waals surface area contributed by atoms with Crippen LogP contribution in [-0.4, -0.2) is 22.9 Å². The van der Waals surface area contributed by atoms with Crippen molar-refractivity contribution in [1.82, 2.24) is 9.78 Å². The Morgan fingerprint density at radius 2 is 2.46 bits per heavy atom. The summed E-state index contributed by atoms with van der Waals surface area (Å²) < 4.78 is 7.24. The van der Waals surface area contributed by atoms with Gasteiger partial charge in [0.2, 0.25) is 0 Å². The van der Waals surface area contributed by atoms with Crippen molar-refractivity contribution in [3.8, 4) is 0 Å². The van der Waals surface area contributed by atoms with Crippen LogP contribution in [0.15, 0.2) is 10.7 Å². The van der Waals surface area contributed by atoms with Crippen molar-refractivity contribution >= 4 is 21.9 Å². The summed E-state index contributed by atoms with van der Waals surface area (Å²) in [5.41, 5.74) is 0.362. The predicted octanol–water partition coefficient (Wildman–Crippen LogP) is 1.77. The highest BCUT2D eigenvalue weighted by Gasteiger charge is 2.27. The van der Waals surface area contributed by atoms with E-state index in [9.17, 15) is 4.79 Å². The summed E-state index contributed by atoms with van der Waals surface area (Å²) >= 11 is 3.35. The van der Waals surface area contributed by atoms with Crippen LogP contribution >= 0.6 is 15.9 Å². The fraction of sp³-hybridized carbons (Fsp3) is 0.500. The number of hydrogen-bond acceptors (Lipinski definition) is 3. The zero-order valence-corrected chi connectivity index (χ0v) is 8.74. The van der Waals surface area contributed by atoms with Crippen LogP contribution in [0, 0.1) is 0 Å². The summed E-state index contributed by atoms with van der Waals surface area (Å²) in [5.74, 6) is -0.389. The number of hydrogen-bond donors (Lipinski definition) is 0. The van der Waals surface area contributed by atoms with Crippen molar-refractivity contribution in [1.29, 1.82) is 0 Å². The molecule has 13 heavy (non-hydrogen) atoms. The van der Waals surface area contributed by atoms with Gasteiger partial charge >= 0.3 is 5.97 Å². The summed E-state index contributed by atoms with van der Waals surface area (Å²) in [6.45, 7) is 0. The van der Waals surface area contributed by atoms with Gasteiger partial charge in [0.15, 0.2) is 5.69 Å². The van der Waals surface area contributed by atoms with Crippen molar-refractivity contribution < 1.29 is 9.53 Å². The van der Waals surface area contributed by atoms with Crippen LogP contribution in [0.3, 0.4) is 0 Å². The summed E-state index contributed by atoms with van der Waals surface area (Å²) in [6.07, 6.45) is 2.28. The van der Waals surface area contributed by atoms with E-state index in [2.05, 4.69) is 25.8 Å². The maximum absolute atomic E-state index is 11.1. The molecule has 5 heteroatoms. The third kappa shape index (κ3) is 1.60. The number of esters is 1. The average Bonchev–Trinajstić information content (AvgIpc) is 2.89. The minimum Gasteiger partial charge on any atom is -0.464 e. The van der Waals surface area contributed by atoms with Gasteiger partial charge < -0.3 is 4.74 Å². The number of aromatic nitrogens is 2.